The first kappa shape index (κ1) is 13.8. The summed E-state index contributed by atoms with van der Waals surface area (Å²) in [5.41, 5.74) is 0. The summed E-state index contributed by atoms with van der Waals surface area (Å²) in [6.07, 6.45) is 5.82. The van der Waals surface area contributed by atoms with Crippen LogP contribution in [0.15, 0.2) is 0 Å². The molecule has 0 aromatic carbocycles. The van der Waals surface area contributed by atoms with Crippen molar-refractivity contribution in [3.63, 3.8) is 0 Å². The molecule has 3 unspecified atom stereocenters. The average molecular weight is 254 g/mol. The van der Waals surface area contributed by atoms with Gasteiger partial charge in [-0.15, -0.1) is 0 Å². The number of aliphatic hydroxyl groups is 1. The molecular weight excluding hydrogens is 228 g/mol. The lowest BCUT2D eigenvalue weighted by Crippen LogP contribution is -2.54. The molecule has 1 saturated carbocycles. The Morgan fingerprint density at radius 3 is 2.56 bits per heavy atom. The molecule has 4 heteroatoms. The molecule has 18 heavy (non-hydrogen) atoms. The summed E-state index contributed by atoms with van der Waals surface area (Å²) in [4.78, 5) is 13.7. The van der Waals surface area contributed by atoms with Crippen LogP contribution in [0.1, 0.15) is 46.0 Å². The maximum absolute atomic E-state index is 11.2. The van der Waals surface area contributed by atoms with Gasteiger partial charge in [0.2, 0.25) is 5.91 Å². The van der Waals surface area contributed by atoms with E-state index < -0.39 is 0 Å². The van der Waals surface area contributed by atoms with Crippen molar-refractivity contribution < 1.29 is 9.90 Å². The number of amides is 1. The lowest BCUT2D eigenvalue weighted by atomic mass is 9.89. The van der Waals surface area contributed by atoms with Crippen LogP contribution in [0.2, 0.25) is 0 Å². The normalized spacial score (nSPS) is 32.4. The molecule has 0 spiro atoms. The number of nitrogens with one attached hydrogen (secondary N) is 1. The van der Waals surface area contributed by atoms with Gasteiger partial charge in [-0.05, 0) is 32.1 Å². The summed E-state index contributed by atoms with van der Waals surface area (Å²) >= 11 is 0. The summed E-state index contributed by atoms with van der Waals surface area (Å²) in [7, 11) is 0. The summed E-state index contributed by atoms with van der Waals surface area (Å²) in [6.45, 7) is 5.38. The highest BCUT2D eigenvalue weighted by Gasteiger charge is 2.34. The van der Waals surface area contributed by atoms with Gasteiger partial charge in [-0.3, -0.25) is 9.69 Å². The maximum atomic E-state index is 11.2. The van der Waals surface area contributed by atoms with Gasteiger partial charge >= 0.3 is 0 Å². The lowest BCUT2D eigenvalue weighted by Gasteiger charge is -2.42. The fraction of sp³-hybridized carbons (Fsp3) is 0.929. The van der Waals surface area contributed by atoms with Crippen LogP contribution in [-0.4, -0.2) is 47.2 Å². The molecule has 1 aliphatic heterocycles. The average Bonchev–Trinajstić information content (AvgIpc) is 2.80. The summed E-state index contributed by atoms with van der Waals surface area (Å²) in [5, 5.41) is 12.9. The molecule has 2 fully saturated rings. The second kappa shape index (κ2) is 6.02. The van der Waals surface area contributed by atoms with Crippen LogP contribution in [0.3, 0.4) is 0 Å². The van der Waals surface area contributed by atoms with Gasteiger partial charge in [0.25, 0.3) is 0 Å². The minimum absolute atomic E-state index is 0.0395. The fourth-order valence-electron chi connectivity index (χ4n) is 3.48. The fourth-order valence-corrected chi connectivity index (χ4v) is 3.48. The molecule has 4 nitrogen and oxygen atoms in total. The van der Waals surface area contributed by atoms with Gasteiger partial charge in [-0.2, -0.15) is 0 Å². The molecule has 0 bridgehead atoms. The molecule has 1 amide bonds. The number of piperidine rings is 1. The zero-order valence-corrected chi connectivity index (χ0v) is 11.6. The smallest absolute Gasteiger partial charge is 0.217 e. The van der Waals surface area contributed by atoms with Crippen LogP contribution in [0.5, 0.6) is 0 Å². The lowest BCUT2D eigenvalue weighted by molar-refractivity contribution is -0.120. The van der Waals surface area contributed by atoms with Crippen LogP contribution in [-0.2, 0) is 4.79 Å². The molecule has 2 N–H and O–H groups in total. The van der Waals surface area contributed by atoms with E-state index >= 15 is 0 Å². The van der Waals surface area contributed by atoms with E-state index in [9.17, 15) is 9.90 Å². The number of carbonyl (C=O) groups excluding carboxylic acids is 1. The van der Waals surface area contributed by atoms with E-state index in [4.69, 9.17) is 0 Å². The Labute approximate surface area is 110 Å². The Balaban J connectivity index is 1.98. The molecule has 1 heterocycles. The van der Waals surface area contributed by atoms with E-state index in [1.54, 1.807) is 6.92 Å². The summed E-state index contributed by atoms with van der Waals surface area (Å²) in [5.74, 6) is 0.328. The highest BCUT2D eigenvalue weighted by Crippen LogP contribution is 2.29. The van der Waals surface area contributed by atoms with Crippen molar-refractivity contribution in [1.29, 1.82) is 0 Å². The van der Waals surface area contributed by atoms with E-state index in [0.29, 0.717) is 6.04 Å². The number of rotatable bonds is 3. The number of carbonyl (C=O) groups is 1. The van der Waals surface area contributed by atoms with Crippen LogP contribution in [0.25, 0.3) is 0 Å². The number of aliphatic hydroxyl groups excluding tert-OH is 1. The molecule has 0 aromatic rings. The zero-order valence-electron chi connectivity index (χ0n) is 11.6. The first-order chi connectivity index (χ1) is 8.56. The van der Waals surface area contributed by atoms with E-state index in [1.165, 1.54) is 25.7 Å². The largest absolute Gasteiger partial charge is 0.393 e. The standard InChI is InChI=1S/C14H26N2O2/c1-10(17)12-7-13(15-11(2)18)9-16(8-12)14-5-3-4-6-14/h10,12-14,17H,3-9H2,1-2H3,(H,15,18). The van der Waals surface area contributed by atoms with Gasteiger partial charge in [-0.1, -0.05) is 12.8 Å². The predicted octanol–water partition coefficient (Wildman–Crippen LogP) is 1.14. The van der Waals surface area contributed by atoms with Crippen LogP contribution in [0, 0.1) is 5.92 Å². The van der Waals surface area contributed by atoms with Gasteiger partial charge < -0.3 is 10.4 Å². The first-order valence-corrected chi connectivity index (χ1v) is 7.25. The van der Waals surface area contributed by atoms with Gasteiger partial charge in [0, 0.05) is 32.1 Å². The van der Waals surface area contributed by atoms with E-state index in [1.807, 2.05) is 6.92 Å². The molecular formula is C14H26N2O2. The number of nitrogens with zero attached hydrogens (tertiary/aromatic N) is 1. The number of hydrogen-bond acceptors (Lipinski definition) is 3. The van der Waals surface area contributed by atoms with Crippen LogP contribution >= 0.6 is 0 Å². The highest BCUT2D eigenvalue weighted by atomic mass is 16.3. The highest BCUT2D eigenvalue weighted by molar-refractivity contribution is 5.73. The van der Waals surface area contributed by atoms with Gasteiger partial charge in [0.15, 0.2) is 0 Å². The Bertz CT molecular complexity index is 288. The molecule has 0 radical (unpaired) electrons. The van der Waals surface area contributed by atoms with Gasteiger partial charge in [-0.25, -0.2) is 0 Å². The third-order valence-corrected chi connectivity index (χ3v) is 4.44. The van der Waals surface area contributed by atoms with Crippen LogP contribution in [0.4, 0.5) is 0 Å². The quantitative estimate of drug-likeness (QED) is 0.794. The molecule has 104 valence electrons. The Hall–Kier alpha value is -0.610. The van der Waals surface area contributed by atoms with Gasteiger partial charge in [0.05, 0.1) is 6.10 Å². The monoisotopic (exact) mass is 254 g/mol. The molecule has 0 aromatic heterocycles. The predicted molar refractivity (Wildman–Crippen MR) is 71.2 cm³/mol. The maximum Gasteiger partial charge on any atom is 0.217 e. The number of hydrogen-bond donors (Lipinski definition) is 2. The van der Waals surface area contributed by atoms with Crippen molar-refractivity contribution in [1.82, 2.24) is 10.2 Å². The molecule has 1 saturated heterocycles. The SMILES string of the molecule is CC(=O)NC1CC(C(C)O)CN(C2CCCC2)C1. The van der Waals surface area contributed by atoms with Crippen molar-refractivity contribution in [2.75, 3.05) is 13.1 Å². The van der Waals surface area contributed by atoms with E-state index in [2.05, 4.69) is 10.2 Å². The topological polar surface area (TPSA) is 52.6 Å². The third-order valence-electron chi connectivity index (χ3n) is 4.44. The van der Waals surface area contributed by atoms with Crippen molar-refractivity contribution in [2.45, 2.75) is 64.1 Å². The number of likely N-dealkylation sites (tertiary alicyclic amines) is 1. The molecule has 3 atom stereocenters. The molecule has 1 aliphatic carbocycles. The van der Waals surface area contributed by atoms with E-state index in [0.717, 1.165) is 19.5 Å². The van der Waals surface area contributed by atoms with Crippen molar-refractivity contribution in [2.24, 2.45) is 5.92 Å². The Morgan fingerprint density at radius 1 is 1.33 bits per heavy atom. The summed E-state index contributed by atoms with van der Waals surface area (Å²) in [6, 6.07) is 0.874. The molecule has 2 rings (SSSR count). The Morgan fingerprint density at radius 2 is 2.00 bits per heavy atom. The first-order valence-electron chi connectivity index (χ1n) is 7.25. The molecule has 2 aliphatic rings. The van der Waals surface area contributed by atoms with E-state index in [-0.39, 0.29) is 24.0 Å². The third kappa shape index (κ3) is 3.45. The minimum Gasteiger partial charge on any atom is -0.393 e. The van der Waals surface area contributed by atoms with Crippen LogP contribution < -0.4 is 5.32 Å². The second-order valence-electron chi connectivity index (χ2n) is 6.03. The van der Waals surface area contributed by atoms with Crippen molar-refractivity contribution in [3.8, 4) is 0 Å². The van der Waals surface area contributed by atoms with Gasteiger partial charge in [0.1, 0.15) is 0 Å². The van der Waals surface area contributed by atoms with Crippen molar-refractivity contribution in [3.05, 3.63) is 0 Å². The summed E-state index contributed by atoms with van der Waals surface area (Å²) < 4.78 is 0. The zero-order chi connectivity index (χ0) is 13.1. The minimum atomic E-state index is -0.287. The van der Waals surface area contributed by atoms with Crippen molar-refractivity contribution >= 4 is 5.91 Å². The second-order valence-corrected chi connectivity index (χ2v) is 6.03. The Kier molecular flexibility index (Phi) is 4.62.